The molecule has 0 radical (unpaired) electrons. The van der Waals surface area contributed by atoms with Gasteiger partial charge in [0.25, 0.3) is 0 Å². The molecule has 1 aromatic rings. The quantitative estimate of drug-likeness (QED) is 0.0436. The molecule has 0 fully saturated rings. The Kier molecular flexibility index (Phi) is 20.2. The van der Waals surface area contributed by atoms with E-state index in [-0.39, 0.29) is 23.3 Å². The average molecular weight is 537 g/mol. The smallest absolute Gasteiger partial charge is 0.243 e. The highest BCUT2D eigenvalue weighted by atomic mass is 16.3. The maximum Gasteiger partial charge on any atom is 0.243 e. The third-order valence-electron chi connectivity index (χ3n) is 5.93. The average Bonchev–Trinajstić information content (AvgIpc) is 2.92. The lowest BCUT2D eigenvalue weighted by Gasteiger charge is -2.06. The molecule has 39 heavy (non-hydrogen) atoms. The van der Waals surface area contributed by atoms with Crippen molar-refractivity contribution in [2.24, 2.45) is 0 Å². The van der Waals surface area contributed by atoms with Gasteiger partial charge in [-0.1, -0.05) is 86.9 Å². The third kappa shape index (κ3) is 20.1. The molecule has 0 aliphatic heterocycles. The van der Waals surface area contributed by atoms with Gasteiger partial charge in [0.1, 0.15) is 0 Å². The first-order valence-electron chi connectivity index (χ1n) is 14.4. The Morgan fingerprint density at radius 1 is 0.744 bits per heavy atom. The lowest BCUT2D eigenvalue weighted by molar-refractivity contribution is -0.121. The number of carbonyl (C=O) groups excluding carboxylic acids is 2. The Balaban J connectivity index is 1.92. The molecule has 0 saturated heterocycles. The van der Waals surface area contributed by atoms with Crippen LogP contribution in [0.4, 0.5) is 0 Å². The third-order valence-corrected chi connectivity index (χ3v) is 5.93. The van der Waals surface area contributed by atoms with Gasteiger partial charge in [-0.05, 0) is 69.1 Å². The van der Waals surface area contributed by atoms with Crippen LogP contribution in [0.25, 0.3) is 6.08 Å². The Morgan fingerprint density at radius 2 is 1.41 bits per heavy atom. The minimum Gasteiger partial charge on any atom is -0.504 e. The van der Waals surface area contributed by atoms with Gasteiger partial charge in [-0.15, -0.1) is 0 Å². The summed E-state index contributed by atoms with van der Waals surface area (Å²) >= 11 is 0. The Morgan fingerprint density at radius 3 is 2.15 bits per heavy atom. The molecule has 6 heteroatoms. The first kappa shape index (κ1) is 33.5. The molecule has 0 saturated carbocycles. The number of hydrogen-bond acceptors (Lipinski definition) is 4. The van der Waals surface area contributed by atoms with Crippen LogP contribution in [0.2, 0.25) is 0 Å². The molecular formula is C33H48N2O4. The van der Waals surface area contributed by atoms with E-state index in [9.17, 15) is 19.8 Å². The van der Waals surface area contributed by atoms with Gasteiger partial charge >= 0.3 is 0 Å². The zero-order chi connectivity index (χ0) is 28.4. The zero-order valence-corrected chi connectivity index (χ0v) is 23.6. The van der Waals surface area contributed by atoms with Crippen LogP contribution in [0.1, 0.15) is 89.5 Å². The normalized spacial score (nSPS) is 12.0. The molecule has 0 aromatic heterocycles. The fraction of sp³-hybridized carbons (Fsp3) is 0.455. The predicted octanol–water partition coefficient (Wildman–Crippen LogP) is 7.27. The molecule has 0 atom stereocenters. The molecule has 0 heterocycles. The van der Waals surface area contributed by atoms with E-state index >= 15 is 0 Å². The molecule has 0 unspecified atom stereocenters. The molecule has 0 aliphatic carbocycles. The van der Waals surface area contributed by atoms with Crippen LogP contribution < -0.4 is 10.6 Å². The van der Waals surface area contributed by atoms with E-state index in [1.807, 2.05) is 0 Å². The zero-order valence-electron chi connectivity index (χ0n) is 23.6. The number of nitrogens with one attached hydrogen (secondary N) is 2. The molecule has 2 amide bonds. The van der Waals surface area contributed by atoms with E-state index in [0.717, 1.165) is 51.4 Å². The number of hydrogen-bond donors (Lipinski definition) is 4. The summed E-state index contributed by atoms with van der Waals surface area (Å²) in [5.74, 6) is -0.430. The number of phenols is 2. The fourth-order valence-corrected chi connectivity index (χ4v) is 3.70. The summed E-state index contributed by atoms with van der Waals surface area (Å²) in [6, 6.07) is 4.51. The van der Waals surface area contributed by atoms with Crippen LogP contribution >= 0.6 is 0 Å². The van der Waals surface area contributed by atoms with Gasteiger partial charge in [-0.25, -0.2) is 0 Å². The lowest BCUT2D eigenvalue weighted by atomic mass is 10.1. The van der Waals surface area contributed by atoms with E-state index in [1.54, 1.807) is 24.3 Å². The van der Waals surface area contributed by atoms with Gasteiger partial charge in [0, 0.05) is 25.6 Å². The SMILES string of the molecule is CCC=CCC=CCC=CCCCCCCCC(=O)NCCCCNC(=O)C=CC=Cc1ccc(O)c(O)c1. The molecule has 0 spiro atoms. The summed E-state index contributed by atoms with van der Waals surface area (Å²) in [5.41, 5.74) is 0.714. The lowest BCUT2D eigenvalue weighted by Crippen LogP contribution is -2.26. The van der Waals surface area contributed by atoms with Crippen LogP contribution in [0.5, 0.6) is 11.5 Å². The molecule has 1 aromatic carbocycles. The van der Waals surface area contributed by atoms with Crippen molar-refractivity contribution in [3.05, 3.63) is 78.4 Å². The largest absolute Gasteiger partial charge is 0.504 e. The number of rotatable bonds is 21. The standard InChI is InChI=1S/C33H48N2O4/c1-2-3-4-5-6-7-8-9-10-11-12-13-14-15-16-22-32(38)34-26-19-20-27-35-33(39)23-18-17-21-29-24-25-30(36)31(37)28-29/h3-4,6-7,9-10,17-18,21,23-25,28,36-37H,2,5,8,11-16,19-20,22,26-27H2,1H3,(H,34,38)(H,35,39). The minimum atomic E-state index is -0.185. The van der Waals surface area contributed by atoms with Gasteiger partial charge < -0.3 is 20.8 Å². The topological polar surface area (TPSA) is 98.7 Å². The number of amides is 2. The van der Waals surface area contributed by atoms with E-state index < -0.39 is 0 Å². The maximum absolute atomic E-state index is 12.0. The monoisotopic (exact) mass is 536 g/mol. The fourth-order valence-electron chi connectivity index (χ4n) is 3.70. The molecular weight excluding hydrogens is 488 g/mol. The summed E-state index contributed by atoms with van der Waals surface area (Å²) < 4.78 is 0. The highest BCUT2D eigenvalue weighted by molar-refractivity contribution is 5.87. The van der Waals surface area contributed by atoms with Crippen LogP contribution in [0.3, 0.4) is 0 Å². The number of aromatic hydroxyl groups is 2. The predicted molar refractivity (Wildman–Crippen MR) is 162 cm³/mol. The van der Waals surface area contributed by atoms with Crippen molar-refractivity contribution in [1.82, 2.24) is 10.6 Å². The summed E-state index contributed by atoms with van der Waals surface area (Å²) in [5, 5.41) is 24.5. The molecule has 214 valence electrons. The second-order valence-corrected chi connectivity index (χ2v) is 9.41. The number of carbonyl (C=O) groups is 2. The van der Waals surface area contributed by atoms with Crippen LogP contribution in [0.15, 0.2) is 72.9 Å². The number of allylic oxidation sites excluding steroid dienone is 8. The van der Waals surface area contributed by atoms with E-state index in [4.69, 9.17) is 0 Å². The van der Waals surface area contributed by atoms with E-state index in [2.05, 4.69) is 54.0 Å². The van der Waals surface area contributed by atoms with Crippen molar-refractivity contribution < 1.29 is 19.8 Å². The molecule has 4 N–H and O–H groups in total. The number of phenolic OH excluding ortho intramolecular Hbond substituents is 2. The van der Waals surface area contributed by atoms with Crippen LogP contribution in [-0.2, 0) is 9.59 Å². The first-order valence-corrected chi connectivity index (χ1v) is 14.4. The summed E-state index contributed by atoms with van der Waals surface area (Å²) in [6.07, 6.45) is 31.9. The second kappa shape index (κ2) is 23.6. The Bertz CT molecular complexity index is 960. The van der Waals surface area contributed by atoms with Crippen molar-refractivity contribution in [1.29, 1.82) is 0 Å². The van der Waals surface area contributed by atoms with Crippen molar-refractivity contribution >= 4 is 17.9 Å². The highest BCUT2D eigenvalue weighted by Crippen LogP contribution is 2.25. The van der Waals surface area contributed by atoms with Gasteiger partial charge in [0.2, 0.25) is 11.8 Å². The Labute approximate surface area is 235 Å². The van der Waals surface area contributed by atoms with E-state index in [1.165, 1.54) is 37.5 Å². The number of unbranched alkanes of at least 4 members (excludes halogenated alkanes) is 6. The van der Waals surface area contributed by atoms with Crippen molar-refractivity contribution in [2.45, 2.75) is 84.0 Å². The van der Waals surface area contributed by atoms with Crippen molar-refractivity contribution in [3.63, 3.8) is 0 Å². The van der Waals surface area contributed by atoms with E-state index in [0.29, 0.717) is 25.1 Å². The van der Waals surface area contributed by atoms with Gasteiger partial charge in [-0.2, -0.15) is 0 Å². The van der Waals surface area contributed by atoms with Crippen molar-refractivity contribution in [3.8, 4) is 11.5 Å². The number of benzene rings is 1. The first-order chi connectivity index (χ1) is 19.0. The van der Waals surface area contributed by atoms with Gasteiger partial charge in [0.15, 0.2) is 11.5 Å². The summed E-state index contributed by atoms with van der Waals surface area (Å²) in [6.45, 7) is 3.33. The molecule has 0 bridgehead atoms. The minimum absolute atomic E-state index is 0.108. The molecule has 6 nitrogen and oxygen atoms in total. The summed E-state index contributed by atoms with van der Waals surface area (Å²) in [4.78, 5) is 23.8. The highest BCUT2D eigenvalue weighted by Gasteiger charge is 2.01. The molecule has 1 rings (SSSR count). The molecule has 0 aliphatic rings. The van der Waals surface area contributed by atoms with Crippen molar-refractivity contribution in [2.75, 3.05) is 13.1 Å². The Hall–Kier alpha value is -3.54. The van der Waals surface area contributed by atoms with Gasteiger partial charge in [0.05, 0.1) is 0 Å². The van der Waals surface area contributed by atoms with Crippen LogP contribution in [-0.4, -0.2) is 35.1 Å². The summed E-state index contributed by atoms with van der Waals surface area (Å²) in [7, 11) is 0. The second-order valence-electron chi connectivity index (χ2n) is 9.41. The van der Waals surface area contributed by atoms with Crippen LogP contribution in [0, 0.1) is 0 Å². The van der Waals surface area contributed by atoms with Gasteiger partial charge in [-0.3, -0.25) is 9.59 Å². The maximum atomic E-state index is 12.0.